The number of unbranched alkanes of at least 4 members (excludes halogenated alkanes) is 9. The number of allylic oxidation sites excluding steroid dienone is 2. The van der Waals surface area contributed by atoms with Gasteiger partial charge in [-0.25, -0.2) is 4.79 Å². The molecule has 5 N–H and O–H groups in total. The van der Waals surface area contributed by atoms with E-state index in [-0.39, 0.29) is 11.3 Å². The molecule has 36 heavy (non-hydrogen) atoms. The Morgan fingerprint density at radius 1 is 0.917 bits per heavy atom. The summed E-state index contributed by atoms with van der Waals surface area (Å²) in [5.74, 6) is -1.16. The molecule has 0 unspecified atom stereocenters. The molecule has 2 rings (SSSR count). The van der Waals surface area contributed by atoms with Gasteiger partial charge >= 0.3 is 5.97 Å². The Bertz CT molecular complexity index is 794. The molecule has 0 aromatic heterocycles. The minimum absolute atomic E-state index is 0.0152. The highest BCUT2D eigenvalue weighted by Gasteiger charge is 2.45. The van der Waals surface area contributed by atoms with E-state index in [2.05, 4.69) is 19.1 Å². The van der Waals surface area contributed by atoms with Crippen molar-refractivity contribution >= 4 is 5.97 Å². The number of ether oxygens (including phenoxy) is 2. The Morgan fingerprint density at radius 3 is 2.22 bits per heavy atom. The molecular formula is C28H44O8. The van der Waals surface area contributed by atoms with Gasteiger partial charge in [-0.1, -0.05) is 69.7 Å². The van der Waals surface area contributed by atoms with Crippen molar-refractivity contribution in [1.82, 2.24) is 0 Å². The van der Waals surface area contributed by atoms with Crippen LogP contribution in [0.1, 0.15) is 93.5 Å². The maximum atomic E-state index is 12.8. The van der Waals surface area contributed by atoms with Crippen LogP contribution in [0.2, 0.25) is 0 Å². The second kappa shape index (κ2) is 16.7. The fourth-order valence-corrected chi connectivity index (χ4v) is 4.39. The lowest BCUT2D eigenvalue weighted by molar-refractivity contribution is -0.285. The Labute approximate surface area is 214 Å². The number of aliphatic hydroxyl groups excluding tert-OH is 4. The first-order valence-corrected chi connectivity index (χ1v) is 13.4. The van der Waals surface area contributed by atoms with Crippen LogP contribution < -0.4 is 0 Å². The fourth-order valence-electron chi connectivity index (χ4n) is 4.39. The number of aryl methyl sites for hydroxylation is 1. The summed E-state index contributed by atoms with van der Waals surface area (Å²) in [6, 6.07) is 4.78. The summed E-state index contributed by atoms with van der Waals surface area (Å²) in [6.45, 7) is 1.59. The Balaban J connectivity index is 1.77. The summed E-state index contributed by atoms with van der Waals surface area (Å²) in [4.78, 5) is 12.8. The molecule has 1 aromatic rings. The van der Waals surface area contributed by atoms with E-state index in [1.54, 1.807) is 12.1 Å². The summed E-state index contributed by atoms with van der Waals surface area (Å²) in [5.41, 5.74) is 0.606. The largest absolute Gasteiger partial charge is 0.507 e. The number of esters is 1. The van der Waals surface area contributed by atoms with Crippen LogP contribution in [0.25, 0.3) is 0 Å². The molecule has 0 amide bonds. The Morgan fingerprint density at radius 2 is 1.56 bits per heavy atom. The van der Waals surface area contributed by atoms with Crippen LogP contribution >= 0.6 is 0 Å². The molecule has 1 aromatic carbocycles. The normalized spacial score (nSPS) is 24.3. The number of phenols is 1. The molecule has 0 saturated carbocycles. The van der Waals surface area contributed by atoms with Crippen molar-refractivity contribution in [2.24, 2.45) is 0 Å². The topological polar surface area (TPSA) is 137 Å². The SMILES string of the molecule is CCCCCC/C=C\CCCCCCCc1cccc(O)c1C(=O)O[C@@H]1O[C@H](CO)[C@@H](O)[C@H](O)[C@H]1O. The Hall–Kier alpha value is -1.97. The average molecular weight is 509 g/mol. The minimum atomic E-state index is -1.70. The van der Waals surface area contributed by atoms with Crippen LogP contribution in [0.5, 0.6) is 5.75 Å². The van der Waals surface area contributed by atoms with Crippen LogP contribution in [0.15, 0.2) is 30.4 Å². The van der Waals surface area contributed by atoms with E-state index in [0.29, 0.717) is 12.0 Å². The van der Waals surface area contributed by atoms with E-state index < -0.39 is 43.3 Å². The molecule has 1 saturated heterocycles. The molecule has 0 bridgehead atoms. The summed E-state index contributed by atoms with van der Waals surface area (Å²) < 4.78 is 10.5. The Kier molecular flexibility index (Phi) is 14.0. The third-order valence-electron chi connectivity index (χ3n) is 6.61. The number of hydrogen-bond acceptors (Lipinski definition) is 8. The lowest BCUT2D eigenvalue weighted by Gasteiger charge is -2.39. The number of phenolic OH excluding ortho intramolecular Hbond substituents is 1. The number of aliphatic hydroxyl groups is 4. The van der Waals surface area contributed by atoms with Crippen molar-refractivity contribution in [2.75, 3.05) is 6.61 Å². The molecule has 1 fully saturated rings. The van der Waals surface area contributed by atoms with E-state index >= 15 is 0 Å². The molecule has 0 aliphatic carbocycles. The van der Waals surface area contributed by atoms with Gasteiger partial charge in [0.05, 0.1) is 6.61 Å². The third-order valence-corrected chi connectivity index (χ3v) is 6.61. The van der Waals surface area contributed by atoms with Crippen molar-refractivity contribution in [1.29, 1.82) is 0 Å². The zero-order chi connectivity index (χ0) is 26.3. The van der Waals surface area contributed by atoms with Crippen molar-refractivity contribution < 1.29 is 39.8 Å². The predicted octanol–water partition coefficient (Wildman–Crippen LogP) is 3.76. The first-order valence-electron chi connectivity index (χ1n) is 13.4. The molecule has 204 valence electrons. The molecule has 0 spiro atoms. The number of carbonyl (C=O) groups excluding carboxylic acids is 1. The van der Waals surface area contributed by atoms with E-state index in [1.165, 1.54) is 38.2 Å². The second-order valence-corrected chi connectivity index (χ2v) is 9.54. The lowest BCUT2D eigenvalue weighted by atomic mass is 9.98. The van der Waals surface area contributed by atoms with Gasteiger partial charge in [0.2, 0.25) is 6.29 Å². The van der Waals surface area contributed by atoms with Crippen molar-refractivity contribution in [3.8, 4) is 5.75 Å². The van der Waals surface area contributed by atoms with E-state index in [1.807, 2.05) is 0 Å². The van der Waals surface area contributed by atoms with Crippen molar-refractivity contribution in [3.63, 3.8) is 0 Å². The summed E-state index contributed by atoms with van der Waals surface area (Å²) in [5, 5.41) is 49.6. The maximum absolute atomic E-state index is 12.8. The van der Waals surface area contributed by atoms with Gasteiger partial charge in [0.25, 0.3) is 0 Å². The molecule has 1 aliphatic heterocycles. The van der Waals surface area contributed by atoms with Crippen LogP contribution in [0, 0.1) is 0 Å². The number of rotatable bonds is 16. The highest BCUT2D eigenvalue weighted by molar-refractivity contribution is 5.94. The van der Waals surface area contributed by atoms with Gasteiger partial charge in [-0.3, -0.25) is 0 Å². The maximum Gasteiger partial charge on any atom is 0.344 e. The number of carbonyl (C=O) groups is 1. The van der Waals surface area contributed by atoms with E-state index in [9.17, 15) is 30.3 Å². The van der Waals surface area contributed by atoms with Gasteiger partial charge in [0, 0.05) is 0 Å². The number of aromatic hydroxyl groups is 1. The zero-order valence-corrected chi connectivity index (χ0v) is 21.4. The smallest absolute Gasteiger partial charge is 0.344 e. The average Bonchev–Trinajstić information content (AvgIpc) is 2.87. The van der Waals surface area contributed by atoms with Gasteiger partial charge in [-0.05, 0) is 50.2 Å². The van der Waals surface area contributed by atoms with Crippen LogP contribution in [0.3, 0.4) is 0 Å². The molecule has 0 radical (unpaired) electrons. The monoisotopic (exact) mass is 508 g/mol. The highest BCUT2D eigenvalue weighted by atomic mass is 16.7. The number of hydrogen-bond donors (Lipinski definition) is 5. The van der Waals surface area contributed by atoms with Crippen LogP contribution in [0.4, 0.5) is 0 Å². The van der Waals surface area contributed by atoms with Gasteiger partial charge in [0.15, 0.2) is 0 Å². The molecule has 8 heteroatoms. The van der Waals surface area contributed by atoms with Crippen LogP contribution in [-0.4, -0.2) is 68.8 Å². The second-order valence-electron chi connectivity index (χ2n) is 9.54. The number of benzene rings is 1. The van der Waals surface area contributed by atoms with E-state index in [0.717, 1.165) is 38.5 Å². The van der Waals surface area contributed by atoms with Gasteiger partial charge in [-0.15, -0.1) is 0 Å². The van der Waals surface area contributed by atoms with Gasteiger partial charge in [-0.2, -0.15) is 0 Å². The third kappa shape index (κ3) is 9.48. The molecule has 1 heterocycles. The van der Waals surface area contributed by atoms with Crippen molar-refractivity contribution in [3.05, 3.63) is 41.5 Å². The quantitative estimate of drug-likeness (QED) is 0.129. The molecule has 8 nitrogen and oxygen atoms in total. The summed E-state index contributed by atoms with van der Waals surface area (Å²) >= 11 is 0. The summed E-state index contributed by atoms with van der Waals surface area (Å²) in [6.07, 6.45) is 10.2. The molecule has 5 atom stereocenters. The van der Waals surface area contributed by atoms with E-state index in [4.69, 9.17) is 9.47 Å². The van der Waals surface area contributed by atoms with Crippen molar-refractivity contribution in [2.45, 2.75) is 115 Å². The minimum Gasteiger partial charge on any atom is -0.507 e. The highest BCUT2D eigenvalue weighted by Crippen LogP contribution is 2.27. The summed E-state index contributed by atoms with van der Waals surface area (Å²) in [7, 11) is 0. The van der Waals surface area contributed by atoms with Gasteiger partial charge in [0.1, 0.15) is 35.7 Å². The molecule has 1 aliphatic rings. The standard InChI is InChI=1S/C28H44O8/c1-2-3-4-5-6-7-8-9-10-11-12-13-14-16-20-17-15-18-21(30)23(20)27(34)36-28-26(33)25(32)24(31)22(19-29)35-28/h7-8,15,17-18,22,24-26,28-33H,2-6,9-14,16,19H2,1H3/b8-7-/t22-,24-,25+,26-,28+/m1/s1. The lowest BCUT2D eigenvalue weighted by Crippen LogP contribution is -2.59. The van der Waals surface area contributed by atoms with Gasteiger partial charge < -0.3 is 35.0 Å². The zero-order valence-electron chi connectivity index (χ0n) is 21.4. The predicted molar refractivity (Wildman–Crippen MR) is 137 cm³/mol. The molecular weight excluding hydrogens is 464 g/mol. The fraction of sp³-hybridized carbons (Fsp3) is 0.679. The first-order chi connectivity index (χ1) is 17.4. The first kappa shape index (κ1) is 30.3. The van der Waals surface area contributed by atoms with Crippen LogP contribution in [-0.2, 0) is 15.9 Å².